The second kappa shape index (κ2) is 8.15. The van der Waals surface area contributed by atoms with Crippen molar-refractivity contribution in [1.29, 1.82) is 0 Å². The van der Waals surface area contributed by atoms with E-state index in [1.54, 1.807) is 7.11 Å². The fourth-order valence-electron chi connectivity index (χ4n) is 4.37. The highest BCUT2D eigenvalue weighted by molar-refractivity contribution is 5.75. The number of hydrogen-bond donors (Lipinski definition) is 1. The summed E-state index contributed by atoms with van der Waals surface area (Å²) in [4.78, 5) is 14.7. The Bertz CT molecular complexity index is 866. The van der Waals surface area contributed by atoms with Crippen molar-refractivity contribution in [2.45, 2.75) is 44.8 Å². The second-order valence-electron chi connectivity index (χ2n) is 8.57. The van der Waals surface area contributed by atoms with Gasteiger partial charge in [-0.1, -0.05) is 48.5 Å². The molecule has 2 fully saturated rings. The summed E-state index contributed by atoms with van der Waals surface area (Å²) >= 11 is 0. The zero-order valence-electron chi connectivity index (χ0n) is 17.2. The summed E-state index contributed by atoms with van der Waals surface area (Å²) in [5.74, 6) is -0.177. The number of urea groups is 1. The van der Waals surface area contributed by atoms with Crippen LogP contribution in [0.3, 0.4) is 0 Å². The molecule has 2 aromatic rings. The largest absolute Gasteiger partial charge is 0.380 e. The first-order valence-corrected chi connectivity index (χ1v) is 10.4. The number of carbonyl (C=O) groups excluding carboxylic acids is 1. The van der Waals surface area contributed by atoms with Crippen LogP contribution >= 0.6 is 0 Å². The molecule has 0 unspecified atom stereocenters. The van der Waals surface area contributed by atoms with E-state index in [4.69, 9.17) is 4.74 Å². The van der Waals surface area contributed by atoms with Gasteiger partial charge in [-0.05, 0) is 49.1 Å². The smallest absolute Gasteiger partial charge is 0.317 e. The molecule has 2 aliphatic rings. The summed E-state index contributed by atoms with van der Waals surface area (Å²) in [5, 5.41) is 2.98. The molecule has 2 atom stereocenters. The van der Waals surface area contributed by atoms with Gasteiger partial charge in [0.15, 0.2) is 0 Å². The number of carbonyl (C=O) groups is 1. The van der Waals surface area contributed by atoms with Gasteiger partial charge in [0.1, 0.15) is 5.82 Å². The van der Waals surface area contributed by atoms with E-state index >= 15 is 4.39 Å². The molecule has 2 aromatic carbocycles. The van der Waals surface area contributed by atoms with Gasteiger partial charge in [0.2, 0.25) is 0 Å². The molecule has 1 aliphatic carbocycles. The maximum absolute atomic E-state index is 15.3. The first kappa shape index (κ1) is 19.9. The minimum Gasteiger partial charge on any atom is -0.380 e. The van der Waals surface area contributed by atoms with E-state index in [-0.39, 0.29) is 29.4 Å². The summed E-state index contributed by atoms with van der Waals surface area (Å²) in [7, 11) is 1.64. The fraction of sp³-hybridized carbons (Fsp3) is 0.458. The Kier molecular flexibility index (Phi) is 5.59. The average Bonchev–Trinajstić information content (AvgIpc) is 3.40. The van der Waals surface area contributed by atoms with E-state index in [0.717, 1.165) is 31.4 Å². The normalized spacial score (nSPS) is 20.7. The molecular weight excluding hydrogens is 367 g/mol. The molecule has 0 aromatic heterocycles. The number of benzene rings is 2. The van der Waals surface area contributed by atoms with Crippen molar-refractivity contribution >= 4 is 6.03 Å². The molecule has 1 N–H and O–H groups in total. The van der Waals surface area contributed by atoms with Crippen molar-refractivity contribution in [3.63, 3.8) is 0 Å². The van der Waals surface area contributed by atoms with E-state index in [1.807, 2.05) is 60.4 Å². The van der Waals surface area contributed by atoms with Gasteiger partial charge in [-0.2, -0.15) is 0 Å². The molecule has 2 amide bonds. The predicted octanol–water partition coefficient (Wildman–Crippen LogP) is 4.63. The molecule has 1 spiro atoms. The van der Waals surface area contributed by atoms with E-state index in [0.29, 0.717) is 24.1 Å². The molecule has 29 heavy (non-hydrogen) atoms. The SMILES string of the molecule is CO[C@@H](C)CNC(=O)N1CC2(CC2)C[C@@H]1Cc1cccc(-c2ccccc2)c1F. The molecule has 1 saturated heterocycles. The van der Waals surface area contributed by atoms with Gasteiger partial charge in [-0.3, -0.25) is 0 Å². The average molecular weight is 397 g/mol. The zero-order valence-corrected chi connectivity index (χ0v) is 17.2. The van der Waals surface area contributed by atoms with Gasteiger partial charge in [0.25, 0.3) is 0 Å². The van der Waals surface area contributed by atoms with Crippen molar-refractivity contribution < 1.29 is 13.9 Å². The Morgan fingerprint density at radius 1 is 1.24 bits per heavy atom. The summed E-state index contributed by atoms with van der Waals surface area (Å²) in [6, 6.07) is 15.2. The summed E-state index contributed by atoms with van der Waals surface area (Å²) in [6.45, 7) is 3.17. The number of ether oxygens (including phenoxy) is 1. The first-order chi connectivity index (χ1) is 14.0. The van der Waals surface area contributed by atoms with Crippen LogP contribution in [-0.4, -0.2) is 43.3 Å². The lowest BCUT2D eigenvalue weighted by molar-refractivity contribution is 0.115. The third-order valence-electron chi connectivity index (χ3n) is 6.40. The molecule has 4 rings (SSSR count). The topological polar surface area (TPSA) is 41.6 Å². The minimum absolute atomic E-state index is 0.0240. The van der Waals surface area contributed by atoms with Crippen LogP contribution in [0.25, 0.3) is 11.1 Å². The fourth-order valence-corrected chi connectivity index (χ4v) is 4.37. The zero-order chi connectivity index (χ0) is 20.4. The Hall–Kier alpha value is -2.40. The maximum Gasteiger partial charge on any atom is 0.317 e. The van der Waals surface area contributed by atoms with Crippen LogP contribution in [0.15, 0.2) is 48.5 Å². The molecule has 5 heteroatoms. The van der Waals surface area contributed by atoms with E-state index in [1.165, 1.54) is 0 Å². The highest BCUT2D eigenvalue weighted by atomic mass is 19.1. The number of rotatable bonds is 6. The van der Waals surface area contributed by atoms with Crippen molar-refractivity contribution in [1.82, 2.24) is 10.2 Å². The van der Waals surface area contributed by atoms with Gasteiger partial charge in [0, 0.05) is 31.8 Å². The third kappa shape index (κ3) is 4.30. The maximum atomic E-state index is 15.3. The third-order valence-corrected chi connectivity index (χ3v) is 6.40. The van der Waals surface area contributed by atoms with Gasteiger partial charge < -0.3 is 15.0 Å². The molecule has 0 bridgehead atoms. The lowest BCUT2D eigenvalue weighted by atomic mass is 9.95. The minimum atomic E-state index is -0.177. The van der Waals surface area contributed by atoms with E-state index in [2.05, 4.69) is 5.32 Å². The highest BCUT2D eigenvalue weighted by Gasteiger charge is 2.53. The monoisotopic (exact) mass is 396 g/mol. The van der Waals surface area contributed by atoms with Crippen molar-refractivity contribution in [2.75, 3.05) is 20.2 Å². The van der Waals surface area contributed by atoms with Crippen LogP contribution in [0.1, 0.15) is 31.7 Å². The predicted molar refractivity (Wildman–Crippen MR) is 112 cm³/mol. The van der Waals surface area contributed by atoms with Crippen LogP contribution in [0.4, 0.5) is 9.18 Å². The van der Waals surface area contributed by atoms with Crippen LogP contribution in [-0.2, 0) is 11.2 Å². The number of nitrogens with zero attached hydrogens (tertiary/aromatic N) is 1. The molecule has 0 radical (unpaired) electrons. The lowest BCUT2D eigenvalue weighted by Crippen LogP contribution is -2.46. The number of likely N-dealkylation sites (tertiary alicyclic amines) is 1. The standard InChI is InChI=1S/C24H29FN2O2/c1-17(29-2)15-26-23(28)27-16-24(11-12-24)14-20(27)13-19-9-6-10-21(22(19)25)18-7-4-3-5-8-18/h3-10,17,20H,11-16H2,1-2H3,(H,26,28)/t17-,20-/m0/s1. The van der Waals surface area contributed by atoms with Crippen LogP contribution in [0, 0.1) is 11.2 Å². The molecule has 154 valence electrons. The number of methoxy groups -OCH3 is 1. The van der Waals surface area contributed by atoms with Crippen LogP contribution < -0.4 is 5.32 Å². The Labute approximate surface area is 172 Å². The van der Waals surface area contributed by atoms with Crippen molar-refractivity contribution in [3.8, 4) is 11.1 Å². The molecule has 1 aliphatic heterocycles. The number of nitrogens with one attached hydrogen (secondary N) is 1. The summed E-state index contributed by atoms with van der Waals surface area (Å²) < 4.78 is 20.5. The number of amides is 2. The summed E-state index contributed by atoms with van der Waals surface area (Å²) in [6.07, 6.45) is 3.79. The van der Waals surface area contributed by atoms with Gasteiger partial charge in [0.05, 0.1) is 6.10 Å². The number of hydrogen-bond acceptors (Lipinski definition) is 2. The van der Waals surface area contributed by atoms with E-state index < -0.39 is 0 Å². The van der Waals surface area contributed by atoms with Gasteiger partial charge in [-0.25, -0.2) is 9.18 Å². The molecule has 4 nitrogen and oxygen atoms in total. The first-order valence-electron chi connectivity index (χ1n) is 10.4. The van der Waals surface area contributed by atoms with Gasteiger partial charge >= 0.3 is 6.03 Å². The Morgan fingerprint density at radius 2 is 2.00 bits per heavy atom. The Morgan fingerprint density at radius 3 is 2.69 bits per heavy atom. The van der Waals surface area contributed by atoms with Crippen molar-refractivity contribution in [2.24, 2.45) is 5.41 Å². The molecular formula is C24H29FN2O2. The highest BCUT2D eigenvalue weighted by Crippen LogP contribution is 2.55. The van der Waals surface area contributed by atoms with Crippen LogP contribution in [0.2, 0.25) is 0 Å². The van der Waals surface area contributed by atoms with Crippen molar-refractivity contribution in [3.05, 3.63) is 59.9 Å². The quantitative estimate of drug-likeness (QED) is 0.773. The summed E-state index contributed by atoms with van der Waals surface area (Å²) in [5.41, 5.74) is 2.42. The second-order valence-corrected chi connectivity index (χ2v) is 8.57. The number of halogens is 1. The molecule has 1 heterocycles. The van der Waals surface area contributed by atoms with Crippen LogP contribution in [0.5, 0.6) is 0 Å². The Balaban J connectivity index is 1.52. The molecule has 1 saturated carbocycles. The lowest BCUT2D eigenvalue weighted by Gasteiger charge is -2.26. The van der Waals surface area contributed by atoms with E-state index in [9.17, 15) is 4.79 Å². The van der Waals surface area contributed by atoms with Gasteiger partial charge in [-0.15, -0.1) is 0 Å².